The normalized spacial score (nSPS) is 14.9. The highest BCUT2D eigenvalue weighted by Gasteiger charge is 2.33. The number of carbonyl (C=O) groups is 2. The number of nitrogens with zero attached hydrogens (tertiary/aromatic N) is 1. The maximum atomic E-state index is 11.3. The molecule has 80 valence electrons. The molecule has 0 saturated heterocycles. The maximum absolute atomic E-state index is 11.3. The van der Waals surface area contributed by atoms with Crippen molar-refractivity contribution in [2.75, 3.05) is 13.2 Å². The predicted octanol–water partition coefficient (Wildman–Crippen LogP) is 1.08. The molecule has 0 aromatic heterocycles. The molecule has 0 atom stereocenters. The molecule has 1 saturated carbocycles. The van der Waals surface area contributed by atoms with Gasteiger partial charge in [-0.2, -0.15) is 0 Å². The quantitative estimate of drug-likeness (QED) is 0.722. The Morgan fingerprint density at radius 3 is 2.57 bits per heavy atom. The van der Waals surface area contributed by atoms with Crippen LogP contribution in [0.3, 0.4) is 0 Å². The summed E-state index contributed by atoms with van der Waals surface area (Å²) in [5.74, 6) is -0.889. The molecule has 1 amide bonds. The lowest BCUT2D eigenvalue weighted by molar-refractivity contribution is -0.137. The summed E-state index contributed by atoms with van der Waals surface area (Å²) in [6, 6.07) is 0.202. The molecule has 5 heteroatoms. The van der Waals surface area contributed by atoms with Crippen molar-refractivity contribution in [3.05, 3.63) is 0 Å². The molecule has 0 radical (unpaired) electrons. The molecule has 0 aromatic carbocycles. The van der Waals surface area contributed by atoms with Gasteiger partial charge in [0.15, 0.2) is 0 Å². The minimum Gasteiger partial charge on any atom is -0.481 e. The number of carbonyl (C=O) groups excluding carboxylic acids is 1. The van der Waals surface area contributed by atoms with Crippen molar-refractivity contribution < 1.29 is 19.4 Å². The first-order valence-electron chi connectivity index (χ1n) is 4.80. The van der Waals surface area contributed by atoms with Crippen LogP contribution in [0.25, 0.3) is 0 Å². The van der Waals surface area contributed by atoms with Gasteiger partial charge in [-0.3, -0.25) is 4.79 Å². The van der Waals surface area contributed by atoms with Crippen LogP contribution in [0, 0.1) is 0 Å². The number of hydrogen-bond acceptors (Lipinski definition) is 3. The number of carboxylic acid groups (broad SMARTS) is 1. The van der Waals surface area contributed by atoms with Gasteiger partial charge in [0, 0.05) is 12.6 Å². The highest BCUT2D eigenvalue weighted by atomic mass is 16.6. The SMILES string of the molecule is CCOC(=O)N(CCC(=O)O)C1CC1. The standard InChI is InChI=1S/C9H15NO4/c1-2-14-9(13)10(7-3-4-7)6-5-8(11)12/h7H,2-6H2,1H3,(H,11,12). The van der Waals surface area contributed by atoms with E-state index in [1.54, 1.807) is 6.92 Å². The smallest absolute Gasteiger partial charge is 0.410 e. The van der Waals surface area contributed by atoms with Gasteiger partial charge in [-0.15, -0.1) is 0 Å². The zero-order chi connectivity index (χ0) is 10.6. The first kappa shape index (κ1) is 10.8. The van der Waals surface area contributed by atoms with Crippen molar-refractivity contribution in [3.63, 3.8) is 0 Å². The lowest BCUT2D eigenvalue weighted by Gasteiger charge is -2.20. The Bertz CT molecular complexity index is 225. The lowest BCUT2D eigenvalue weighted by atomic mass is 10.4. The van der Waals surface area contributed by atoms with Crippen LogP contribution in [-0.4, -0.2) is 41.3 Å². The third kappa shape index (κ3) is 3.24. The average Bonchev–Trinajstić information content (AvgIpc) is 2.88. The number of ether oxygens (including phenoxy) is 1. The zero-order valence-electron chi connectivity index (χ0n) is 8.23. The van der Waals surface area contributed by atoms with Crippen molar-refractivity contribution in [2.24, 2.45) is 0 Å². The molecule has 0 bridgehead atoms. The van der Waals surface area contributed by atoms with E-state index in [2.05, 4.69) is 0 Å². The molecule has 0 spiro atoms. The molecule has 1 N–H and O–H groups in total. The van der Waals surface area contributed by atoms with E-state index >= 15 is 0 Å². The molecule has 0 aliphatic heterocycles. The third-order valence-electron chi connectivity index (χ3n) is 2.06. The van der Waals surface area contributed by atoms with Gasteiger partial charge in [0.25, 0.3) is 0 Å². The first-order chi connectivity index (χ1) is 6.65. The van der Waals surface area contributed by atoms with E-state index in [4.69, 9.17) is 9.84 Å². The monoisotopic (exact) mass is 201 g/mol. The number of amides is 1. The van der Waals surface area contributed by atoms with E-state index in [1.807, 2.05) is 0 Å². The van der Waals surface area contributed by atoms with Crippen molar-refractivity contribution in [2.45, 2.75) is 32.2 Å². The Morgan fingerprint density at radius 1 is 1.50 bits per heavy atom. The molecule has 1 aliphatic carbocycles. The first-order valence-corrected chi connectivity index (χ1v) is 4.80. The van der Waals surface area contributed by atoms with Crippen LogP contribution < -0.4 is 0 Å². The van der Waals surface area contributed by atoms with Gasteiger partial charge in [-0.05, 0) is 19.8 Å². The largest absolute Gasteiger partial charge is 0.481 e. The molecule has 14 heavy (non-hydrogen) atoms. The number of aliphatic carboxylic acids is 1. The summed E-state index contributed by atoms with van der Waals surface area (Å²) < 4.78 is 4.83. The molecule has 0 heterocycles. The van der Waals surface area contributed by atoms with Gasteiger partial charge in [0.05, 0.1) is 13.0 Å². The molecule has 0 aromatic rings. The summed E-state index contributed by atoms with van der Waals surface area (Å²) in [5, 5.41) is 8.50. The summed E-state index contributed by atoms with van der Waals surface area (Å²) in [7, 11) is 0. The number of rotatable bonds is 5. The van der Waals surface area contributed by atoms with Crippen molar-refractivity contribution in [1.29, 1.82) is 0 Å². The summed E-state index contributed by atoms with van der Waals surface area (Å²) >= 11 is 0. The molecule has 1 fully saturated rings. The number of carboxylic acids is 1. The molecule has 5 nitrogen and oxygen atoms in total. The minimum absolute atomic E-state index is 0.0185. The fraction of sp³-hybridized carbons (Fsp3) is 0.778. The van der Waals surface area contributed by atoms with Crippen LogP contribution in [0.4, 0.5) is 4.79 Å². The van der Waals surface area contributed by atoms with Gasteiger partial charge in [-0.25, -0.2) is 4.79 Å². The topological polar surface area (TPSA) is 66.8 Å². The highest BCUT2D eigenvalue weighted by molar-refractivity contribution is 5.71. The van der Waals surface area contributed by atoms with E-state index < -0.39 is 12.1 Å². The van der Waals surface area contributed by atoms with Crippen molar-refractivity contribution in [1.82, 2.24) is 4.90 Å². The van der Waals surface area contributed by atoms with Crippen LogP contribution in [0.15, 0.2) is 0 Å². The van der Waals surface area contributed by atoms with Gasteiger partial charge >= 0.3 is 12.1 Å². The minimum atomic E-state index is -0.889. The molecule has 1 aliphatic rings. The van der Waals surface area contributed by atoms with E-state index in [0.29, 0.717) is 6.61 Å². The summed E-state index contributed by atoms with van der Waals surface area (Å²) in [5.41, 5.74) is 0. The average molecular weight is 201 g/mol. The van der Waals surface area contributed by atoms with Crippen molar-refractivity contribution >= 4 is 12.1 Å². The third-order valence-corrected chi connectivity index (χ3v) is 2.06. The van der Waals surface area contributed by atoms with E-state index in [0.717, 1.165) is 12.8 Å². The Balaban J connectivity index is 2.38. The summed E-state index contributed by atoms with van der Waals surface area (Å²) in [4.78, 5) is 23.2. The maximum Gasteiger partial charge on any atom is 0.410 e. The zero-order valence-corrected chi connectivity index (χ0v) is 8.23. The van der Waals surface area contributed by atoms with Crippen LogP contribution in [0.1, 0.15) is 26.2 Å². The van der Waals surface area contributed by atoms with Crippen LogP contribution in [0.5, 0.6) is 0 Å². The lowest BCUT2D eigenvalue weighted by Crippen LogP contribution is -2.35. The summed E-state index contributed by atoms with van der Waals surface area (Å²) in [6.45, 7) is 2.31. The molecular weight excluding hydrogens is 186 g/mol. The second kappa shape index (κ2) is 4.83. The van der Waals surface area contributed by atoms with Gasteiger partial charge in [0.1, 0.15) is 0 Å². The number of hydrogen-bond donors (Lipinski definition) is 1. The molecule has 1 rings (SSSR count). The predicted molar refractivity (Wildman–Crippen MR) is 49.0 cm³/mol. The van der Waals surface area contributed by atoms with Crippen LogP contribution in [0.2, 0.25) is 0 Å². The summed E-state index contributed by atoms with van der Waals surface area (Å²) in [6.07, 6.45) is 1.50. The second-order valence-electron chi connectivity index (χ2n) is 3.27. The van der Waals surface area contributed by atoms with Crippen LogP contribution >= 0.6 is 0 Å². The van der Waals surface area contributed by atoms with E-state index in [9.17, 15) is 9.59 Å². The van der Waals surface area contributed by atoms with Gasteiger partial charge in [-0.1, -0.05) is 0 Å². The fourth-order valence-electron chi connectivity index (χ4n) is 1.23. The second-order valence-corrected chi connectivity index (χ2v) is 3.27. The molecule has 0 unspecified atom stereocenters. The fourth-order valence-corrected chi connectivity index (χ4v) is 1.23. The van der Waals surface area contributed by atoms with E-state index in [-0.39, 0.29) is 19.0 Å². The Kier molecular flexibility index (Phi) is 3.73. The Hall–Kier alpha value is -1.26. The Labute approximate surface area is 82.6 Å². The molecular formula is C9H15NO4. The van der Waals surface area contributed by atoms with Crippen molar-refractivity contribution in [3.8, 4) is 0 Å². The Morgan fingerprint density at radius 2 is 2.14 bits per heavy atom. The van der Waals surface area contributed by atoms with Crippen LogP contribution in [-0.2, 0) is 9.53 Å². The highest BCUT2D eigenvalue weighted by Crippen LogP contribution is 2.27. The van der Waals surface area contributed by atoms with Gasteiger partial charge in [0.2, 0.25) is 0 Å². The van der Waals surface area contributed by atoms with E-state index in [1.165, 1.54) is 4.90 Å². The van der Waals surface area contributed by atoms with Gasteiger partial charge < -0.3 is 14.7 Å².